The minimum atomic E-state index is 0.526. The molecule has 0 atom stereocenters. The molecule has 4 heteroatoms. The van der Waals surface area contributed by atoms with Gasteiger partial charge in [-0.25, -0.2) is 4.68 Å². The summed E-state index contributed by atoms with van der Waals surface area (Å²) in [5.41, 5.74) is 8.31. The van der Waals surface area contributed by atoms with Gasteiger partial charge in [0, 0.05) is 0 Å². The van der Waals surface area contributed by atoms with Crippen LogP contribution in [0.4, 0.5) is 5.69 Å². The highest BCUT2D eigenvalue weighted by atomic mass is 16.5. The van der Waals surface area contributed by atoms with Crippen molar-refractivity contribution >= 4 is 5.69 Å². The van der Waals surface area contributed by atoms with Crippen LogP contribution in [0.15, 0.2) is 30.5 Å². The lowest BCUT2D eigenvalue weighted by Crippen LogP contribution is -2.04. The van der Waals surface area contributed by atoms with Gasteiger partial charge in [-0.1, -0.05) is 13.8 Å². The van der Waals surface area contributed by atoms with E-state index in [1.54, 1.807) is 4.68 Å². The van der Waals surface area contributed by atoms with Crippen LogP contribution in [-0.4, -0.2) is 16.4 Å². The lowest BCUT2D eigenvalue weighted by Gasteiger charge is -2.09. The minimum Gasteiger partial charge on any atom is -0.493 e. The molecule has 1 aromatic heterocycles. The highest BCUT2D eigenvalue weighted by Gasteiger charge is 2.03. The zero-order valence-electron chi connectivity index (χ0n) is 11.1. The Morgan fingerprint density at radius 1 is 1.28 bits per heavy atom. The van der Waals surface area contributed by atoms with E-state index in [-0.39, 0.29) is 0 Å². The maximum atomic E-state index is 5.78. The quantitative estimate of drug-likeness (QED) is 0.901. The normalized spacial score (nSPS) is 10.9. The zero-order valence-corrected chi connectivity index (χ0v) is 11.1. The lowest BCUT2D eigenvalue weighted by atomic mass is 10.2. The van der Waals surface area contributed by atoms with Gasteiger partial charge in [-0.05, 0) is 37.1 Å². The van der Waals surface area contributed by atoms with E-state index in [1.807, 2.05) is 37.4 Å². The van der Waals surface area contributed by atoms with Crippen molar-refractivity contribution in [2.24, 2.45) is 5.92 Å². The zero-order chi connectivity index (χ0) is 13.1. The molecule has 4 nitrogen and oxygen atoms in total. The van der Waals surface area contributed by atoms with E-state index in [4.69, 9.17) is 10.5 Å². The number of benzene rings is 1. The number of hydrogen-bond donors (Lipinski definition) is 1. The molecule has 0 spiro atoms. The number of nitrogen functional groups attached to an aromatic ring is 1. The van der Waals surface area contributed by atoms with Crippen LogP contribution in [-0.2, 0) is 0 Å². The fraction of sp³-hybridized carbons (Fsp3) is 0.357. The topological polar surface area (TPSA) is 53.1 Å². The Bertz CT molecular complexity index is 495. The van der Waals surface area contributed by atoms with Crippen molar-refractivity contribution in [3.8, 4) is 11.4 Å². The largest absolute Gasteiger partial charge is 0.493 e. The molecule has 0 amide bonds. The summed E-state index contributed by atoms with van der Waals surface area (Å²) in [6, 6.07) is 7.85. The number of aryl methyl sites for hydroxylation is 1. The molecule has 2 rings (SSSR count). The first-order valence-electron chi connectivity index (χ1n) is 6.11. The summed E-state index contributed by atoms with van der Waals surface area (Å²) < 4.78 is 7.41. The van der Waals surface area contributed by atoms with Crippen LogP contribution in [0.25, 0.3) is 5.69 Å². The predicted molar refractivity (Wildman–Crippen MR) is 73.0 cm³/mol. The van der Waals surface area contributed by atoms with Crippen LogP contribution >= 0.6 is 0 Å². The molecule has 96 valence electrons. The molecule has 0 bridgehead atoms. The van der Waals surface area contributed by atoms with Gasteiger partial charge in [0.2, 0.25) is 0 Å². The van der Waals surface area contributed by atoms with Crippen LogP contribution in [0, 0.1) is 12.8 Å². The van der Waals surface area contributed by atoms with E-state index >= 15 is 0 Å². The summed E-state index contributed by atoms with van der Waals surface area (Å²) in [7, 11) is 0. The molecule has 2 N–H and O–H groups in total. The fourth-order valence-electron chi connectivity index (χ4n) is 1.56. The number of aromatic nitrogens is 2. The summed E-state index contributed by atoms with van der Waals surface area (Å²) in [5, 5.41) is 4.34. The maximum absolute atomic E-state index is 5.78. The number of nitrogens with two attached hydrogens (primary N) is 1. The van der Waals surface area contributed by atoms with Gasteiger partial charge in [0.25, 0.3) is 0 Å². The Morgan fingerprint density at radius 3 is 2.44 bits per heavy atom. The summed E-state index contributed by atoms with van der Waals surface area (Å²) in [5.74, 6) is 1.41. The second-order valence-electron chi connectivity index (χ2n) is 4.81. The minimum absolute atomic E-state index is 0.526. The van der Waals surface area contributed by atoms with Gasteiger partial charge in [0.15, 0.2) is 0 Å². The third kappa shape index (κ3) is 2.83. The van der Waals surface area contributed by atoms with Crippen molar-refractivity contribution in [2.45, 2.75) is 20.8 Å². The first-order valence-corrected chi connectivity index (χ1v) is 6.11. The van der Waals surface area contributed by atoms with Crippen LogP contribution < -0.4 is 10.5 Å². The van der Waals surface area contributed by atoms with Crippen molar-refractivity contribution in [1.29, 1.82) is 0 Å². The molecule has 0 fully saturated rings. The first-order chi connectivity index (χ1) is 8.56. The summed E-state index contributed by atoms with van der Waals surface area (Å²) in [6.45, 7) is 6.88. The lowest BCUT2D eigenvalue weighted by molar-refractivity contribution is 0.271. The summed E-state index contributed by atoms with van der Waals surface area (Å²) in [6.07, 6.45) is 1.82. The first kappa shape index (κ1) is 12.5. The summed E-state index contributed by atoms with van der Waals surface area (Å²) >= 11 is 0. The molecule has 0 unspecified atom stereocenters. The van der Waals surface area contributed by atoms with Crippen molar-refractivity contribution in [3.63, 3.8) is 0 Å². The second kappa shape index (κ2) is 5.12. The molecule has 18 heavy (non-hydrogen) atoms. The van der Waals surface area contributed by atoms with Crippen molar-refractivity contribution in [3.05, 3.63) is 36.2 Å². The number of ether oxygens (including phenoxy) is 1. The van der Waals surface area contributed by atoms with Crippen molar-refractivity contribution in [1.82, 2.24) is 9.78 Å². The molecule has 1 heterocycles. The Morgan fingerprint density at radius 2 is 1.94 bits per heavy atom. The molecule has 2 aromatic rings. The van der Waals surface area contributed by atoms with Crippen LogP contribution in [0.1, 0.15) is 19.5 Å². The molecular weight excluding hydrogens is 226 g/mol. The van der Waals surface area contributed by atoms with E-state index in [9.17, 15) is 0 Å². The number of hydrogen-bond acceptors (Lipinski definition) is 3. The molecule has 0 aliphatic rings. The fourth-order valence-corrected chi connectivity index (χ4v) is 1.56. The van der Waals surface area contributed by atoms with Crippen LogP contribution in [0.3, 0.4) is 0 Å². The highest BCUT2D eigenvalue weighted by molar-refractivity contribution is 5.44. The Balaban J connectivity index is 2.12. The van der Waals surface area contributed by atoms with Gasteiger partial charge in [0.05, 0.1) is 29.9 Å². The number of anilines is 1. The summed E-state index contributed by atoms with van der Waals surface area (Å²) in [4.78, 5) is 0. The number of rotatable bonds is 4. The molecule has 0 aliphatic carbocycles. The van der Waals surface area contributed by atoms with E-state index in [0.717, 1.165) is 23.7 Å². The van der Waals surface area contributed by atoms with Gasteiger partial charge in [-0.2, -0.15) is 5.10 Å². The van der Waals surface area contributed by atoms with E-state index in [1.165, 1.54) is 0 Å². The van der Waals surface area contributed by atoms with E-state index < -0.39 is 0 Å². The van der Waals surface area contributed by atoms with E-state index in [2.05, 4.69) is 18.9 Å². The maximum Gasteiger partial charge on any atom is 0.119 e. The third-order valence-corrected chi connectivity index (χ3v) is 2.62. The highest BCUT2D eigenvalue weighted by Crippen LogP contribution is 2.17. The van der Waals surface area contributed by atoms with Gasteiger partial charge < -0.3 is 10.5 Å². The standard InChI is InChI=1S/C14H19N3O/c1-10(2)9-18-13-6-4-12(5-7-13)17-8-14(15)11(3)16-17/h4-8,10H,9,15H2,1-3H3. The van der Waals surface area contributed by atoms with Crippen molar-refractivity contribution in [2.75, 3.05) is 12.3 Å². The monoisotopic (exact) mass is 245 g/mol. The van der Waals surface area contributed by atoms with Gasteiger partial charge >= 0.3 is 0 Å². The second-order valence-corrected chi connectivity index (χ2v) is 4.81. The molecular formula is C14H19N3O. The SMILES string of the molecule is Cc1nn(-c2ccc(OCC(C)C)cc2)cc1N. The molecule has 0 aliphatic heterocycles. The Labute approximate surface area is 107 Å². The Kier molecular flexibility index (Phi) is 3.55. The molecule has 1 aromatic carbocycles. The number of nitrogens with zero attached hydrogens (tertiary/aromatic N) is 2. The Hall–Kier alpha value is -1.97. The van der Waals surface area contributed by atoms with Gasteiger partial charge in [-0.3, -0.25) is 0 Å². The molecule has 0 saturated heterocycles. The van der Waals surface area contributed by atoms with Gasteiger partial charge in [0.1, 0.15) is 5.75 Å². The smallest absolute Gasteiger partial charge is 0.119 e. The average Bonchev–Trinajstić information content (AvgIpc) is 2.68. The van der Waals surface area contributed by atoms with Crippen LogP contribution in [0.5, 0.6) is 5.75 Å². The molecule has 0 radical (unpaired) electrons. The van der Waals surface area contributed by atoms with E-state index in [0.29, 0.717) is 11.6 Å². The third-order valence-electron chi connectivity index (χ3n) is 2.62. The average molecular weight is 245 g/mol. The molecule has 0 saturated carbocycles. The predicted octanol–water partition coefficient (Wildman–Crippen LogP) is 2.80. The van der Waals surface area contributed by atoms with Crippen molar-refractivity contribution < 1.29 is 4.74 Å². The van der Waals surface area contributed by atoms with Gasteiger partial charge in [-0.15, -0.1) is 0 Å². The van der Waals surface area contributed by atoms with Crippen LogP contribution in [0.2, 0.25) is 0 Å².